The van der Waals surface area contributed by atoms with Crippen LogP contribution >= 0.6 is 24.0 Å². The van der Waals surface area contributed by atoms with Crippen LogP contribution in [0.2, 0.25) is 0 Å². The van der Waals surface area contributed by atoms with Crippen molar-refractivity contribution in [2.24, 2.45) is 10.4 Å². The SMILES string of the molecule is CN=C(NCc1ccnc(C)n1)NCC1(C(=O)N(C)C)CCCC1.I. The third-order valence-corrected chi connectivity index (χ3v) is 4.51. The van der Waals surface area contributed by atoms with Gasteiger partial charge in [0.25, 0.3) is 0 Å². The maximum Gasteiger partial charge on any atom is 0.230 e. The second kappa shape index (κ2) is 9.88. The monoisotopic (exact) mass is 460 g/mol. The number of nitrogens with zero attached hydrogens (tertiary/aromatic N) is 4. The minimum Gasteiger partial charge on any atom is -0.355 e. The first-order valence-corrected chi connectivity index (χ1v) is 8.42. The number of aliphatic imine (C=N–C) groups is 1. The van der Waals surface area contributed by atoms with E-state index in [-0.39, 0.29) is 35.3 Å². The Hall–Kier alpha value is -1.45. The van der Waals surface area contributed by atoms with Gasteiger partial charge in [-0.15, -0.1) is 24.0 Å². The Morgan fingerprint density at radius 2 is 2.00 bits per heavy atom. The van der Waals surface area contributed by atoms with Gasteiger partial charge < -0.3 is 15.5 Å². The molecule has 0 unspecified atom stereocenters. The van der Waals surface area contributed by atoms with E-state index in [9.17, 15) is 4.79 Å². The maximum atomic E-state index is 12.6. The summed E-state index contributed by atoms with van der Waals surface area (Å²) in [5, 5.41) is 6.57. The summed E-state index contributed by atoms with van der Waals surface area (Å²) in [6, 6.07) is 1.88. The van der Waals surface area contributed by atoms with Gasteiger partial charge >= 0.3 is 0 Å². The number of hydrogen-bond acceptors (Lipinski definition) is 4. The summed E-state index contributed by atoms with van der Waals surface area (Å²) in [5.74, 6) is 1.64. The van der Waals surface area contributed by atoms with Gasteiger partial charge in [-0.1, -0.05) is 12.8 Å². The van der Waals surface area contributed by atoms with Gasteiger partial charge in [0.05, 0.1) is 17.7 Å². The van der Waals surface area contributed by atoms with Crippen molar-refractivity contribution in [3.63, 3.8) is 0 Å². The van der Waals surface area contributed by atoms with Crippen molar-refractivity contribution in [2.45, 2.75) is 39.2 Å². The van der Waals surface area contributed by atoms with Crippen LogP contribution in [0.4, 0.5) is 0 Å². The van der Waals surface area contributed by atoms with Gasteiger partial charge in [-0.05, 0) is 25.8 Å². The van der Waals surface area contributed by atoms with Crippen LogP contribution < -0.4 is 10.6 Å². The van der Waals surface area contributed by atoms with Crippen LogP contribution in [0.1, 0.15) is 37.2 Å². The third kappa shape index (κ3) is 5.79. The first kappa shape index (κ1) is 21.6. The van der Waals surface area contributed by atoms with Gasteiger partial charge in [0.15, 0.2) is 5.96 Å². The quantitative estimate of drug-likeness (QED) is 0.397. The summed E-state index contributed by atoms with van der Waals surface area (Å²) in [7, 11) is 5.38. The van der Waals surface area contributed by atoms with Crippen LogP contribution in [-0.2, 0) is 11.3 Å². The Kier molecular flexibility index (Phi) is 8.54. The van der Waals surface area contributed by atoms with Crippen molar-refractivity contribution in [1.82, 2.24) is 25.5 Å². The molecule has 0 aromatic carbocycles. The summed E-state index contributed by atoms with van der Waals surface area (Å²) in [5.41, 5.74) is 0.595. The largest absolute Gasteiger partial charge is 0.355 e. The van der Waals surface area contributed by atoms with Crippen molar-refractivity contribution in [1.29, 1.82) is 0 Å². The molecule has 0 aliphatic heterocycles. The van der Waals surface area contributed by atoms with E-state index in [1.54, 1.807) is 18.1 Å². The molecule has 1 aliphatic rings. The number of aromatic nitrogens is 2. The molecule has 0 saturated heterocycles. The molecule has 2 rings (SSSR count). The minimum atomic E-state index is -0.313. The predicted octanol–water partition coefficient (Wildman–Crippen LogP) is 1.72. The van der Waals surface area contributed by atoms with Gasteiger partial charge in [0, 0.05) is 33.9 Å². The van der Waals surface area contributed by atoms with E-state index < -0.39 is 0 Å². The van der Waals surface area contributed by atoms with Gasteiger partial charge in [-0.2, -0.15) is 0 Å². The molecule has 1 aliphatic carbocycles. The molecule has 0 radical (unpaired) electrons. The molecule has 1 fully saturated rings. The highest BCUT2D eigenvalue weighted by Crippen LogP contribution is 2.38. The summed E-state index contributed by atoms with van der Waals surface area (Å²) in [6.45, 7) is 3.04. The Morgan fingerprint density at radius 1 is 1.32 bits per heavy atom. The first-order valence-electron chi connectivity index (χ1n) is 8.42. The molecule has 1 saturated carbocycles. The fourth-order valence-corrected chi connectivity index (χ4v) is 3.24. The van der Waals surface area contributed by atoms with Crippen molar-refractivity contribution < 1.29 is 4.79 Å². The number of carbonyl (C=O) groups excluding carboxylic acids is 1. The molecule has 0 atom stereocenters. The van der Waals surface area contributed by atoms with Gasteiger partial charge in [0.2, 0.25) is 5.91 Å². The number of aryl methyl sites for hydroxylation is 1. The highest BCUT2D eigenvalue weighted by molar-refractivity contribution is 14.0. The Bertz CT molecular complexity index is 599. The second-order valence-corrected chi connectivity index (χ2v) is 6.56. The van der Waals surface area contributed by atoms with Gasteiger partial charge in [-0.25, -0.2) is 9.97 Å². The average Bonchev–Trinajstić information content (AvgIpc) is 3.04. The lowest BCUT2D eigenvalue weighted by Crippen LogP contribution is -2.49. The Balaban J connectivity index is 0.00000312. The lowest BCUT2D eigenvalue weighted by Gasteiger charge is -2.31. The molecular formula is C17H29IN6O. The van der Waals surface area contributed by atoms with Crippen LogP contribution in [0.5, 0.6) is 0 Å². The number of rotatable bonds is 5. The summed E-state index contributed by atoms with van der Waals surface area (Å²) in [4.78, 5) is 27.0. The lowest BCUT2D eigenvalue weighted by atomic mass is 9.84. The number of halogens is 1. The molecule has 0 spiro atoms. The van der Waals surface area contributed by atoms with Crippen LogP contribution in [0.3, 0.4) is 0 Å². The zero-order chi connectivity index (χ0) is 17.6. The molecular weight excluding hydrogens is 431 g/mol. The number of carbonyl (C=O) groups is 1. The van der Waals surface area contributed by atoms with Gasteiger partial charge in [0.1, 0.15) is 5.82 Å². The van der Waals surface area contributed by atoms with Gasteiger partial charge in [-0.3, -0.25) is 9.79 Å². The normalized spacial score (nSPS) is 16.1. The Labute approximate surface area is 167 Å². The number of nitrogens with one attached hydrogen (secondary N) is 2. The van der Waals surface area contributed by atoms with Crippen LogP contribution in [0, 0.1) is 12.3 Å². The molecule has 1 aromatic heterocycles. The second-order valence-electron chi connectivity index (χ2n) is 6.56. The summed E-state index contributed by atoms with van der Waals surface area (Å²) in [6.07, 6.45) is 5.82. The zero-order valence-electron chi connectivity index (χ0n) is 15.5. The van der Waals surface area contributed by atoms with E-state index >= 15 is 0 Å². The van der Waals surface area contributed by atoms with Crippen molar-refractivity contribution in [3.8, 4) is 0 Å². The van der Waals surface area contributed by atoms with E-state index in [4.69, 9.17) is 0 Å². The van der Waals surface area contributed by atoms with E-state index in [1.165, 1.54) is 0 Å². The van der Waals surface area contributed by atoms with E-state index in [0.717, 1.165) is 37.2 Å². The highest BCUT2D eigenvalue weighted by Gasteiger charge is 2.42. The predicted molar refractivity (Wildman–Crippen MR) is 110 cm³/mol. The summed E-state index contributed by atoms with van der Waals surface area (Å²) < 4.78 is 0. The van der Waals surface area contributed by atoms with Crippen molar-refractivity contribution >= 4 is 35.8 Å². The van der Waals surface area contributed by atoms with E-state index in [0.29, 0.717) is 19.0 Å². The molecule has 140 valence electrons. The molecule has 0 bridgehead atoms. The fourth-order valence-electron chi connectivity index (χ4n) is 3.24. The number of amides is 1. The number of guanidine groups is 1. The van der Waals surface area contributed by atoms with E-state index in [2.05, 4.69) is 25.6 Å². The van der Waals surface area contributed by atoms with Crippen LogP contribution in [0.15, 0.2) is 17.3 Å². The maximum absolute atomic E-state index is 12.6. The smallest absolute Gasteiger partial charge is 0.230 e. The topological polar surface area (TPSA) is 82.5 Å². The minimum absolute atomic E-state index is 0. The summed E-state index contributed by atoms with van der Waals surface area (Å²) >= 11 is 0. The lowest BCUT2D eigenvalue weighted by molar-refractivity contribution is -0.138. The number of hydrogen-bond donors (Lipinski definition) is 2. The molecule has 1 amide bonds. The zero-order valence-corrected chi connectivity index (χ0v) is 17.8. The van der Waals surface area contributed by atoms with Crippen LogP contribution in [-0.4, -0.2) is 54.4 Å². The van der Waals surface area contributed by atoms with Crippen molar-refractivity contribution in [2.75, 3.05) is 27.7 Å². The fraction of sp³-hybridized carbons (Fsp3) is 0.647. The standard InChI is InChI=1S/C17H28N6O.HI/c1-13-19-10-7-14(22-13)11-20-16(18-2)21-12-17(8-5-6-9-17)15(24)23(3)4;/h7,10H,5-6,8-9,11-12H2,1-4H3,(H2,18,20,21);1H. The molecule has 1 heterocycles. The molecule has 1 aromatic rings. The Morgan fingerprint density at radius 3 is 2.56 bits per heavy atom. The van der Waals surface area contributed by atoms with Crippen LogP contribution in [0.25, 0.3) is 0 Å². The van der Waals surface area contributed by atoms with E-state index in [1.807, 2.05) is 27.1 Å². The average molecular weight is 460 g/mol. The first-order chi connectivity index (χ1) is 11.5. The third-order valence-electron chi connectivity index (χ3n) is 4.51. The molecule has 7 nitrogen and oxygen atoms in total. The molecule has 8 heteroatoms. The van der Waals surface area contributed by atoms with Crippen molar-refractivity contribution in [3.05, 3.63) is 23.8 Å². The molecule has 2 N–H and O–H groups in total. The molecule has 25 heavy (non-hydrogen) atoms. The highest BCUT2D eigenvalue weighted by atomic mass is 127.